The lowest BCUT2D eigenvalue weighted by Gasteiger charge is -2.20. The molecule has 1 aliphatic heterocycles. The lowest BCUT2D eigenvalue weighted by atomic mass is 10.1. The molecule has 0 spiro atoms. The molecule has 6 nitrogen and oxygen atoms in total. The van der Waals surface area contributed by atoms with Crippen molar-refractivity contribution in [2.24, 2.45) is 10.9 Å². The van der Waals surface area contributed by atoms with Gasteiger partial charge in [-0.05, 0) is 37.8 Å². The number of imidazole rings is 1. The van der Waals surface area contributed by atoms with Crippen molar-refractivity contribution in [3.63, 3.8) is 0 Å². The summed E-state index contributed by atoms with van der Waals surface area (Å²) in [5.74, 6) is 1.51. The van der Waals surface area contributed by atoms with E-state index >= 15 is 0 Å². The molecule has 7 heteroatoms. The molecule has 0 amide bonds. The molecule has 2 fully saturated rings. The van der Waals surface area contributed by atoms with Gasteiger partial charge in [-0.15, -0.1) is 0 Å². The molecule has 2 N–H and O–H groups in total. The third-order valence-electron chi connectivity index (χ3n) is 5.23. The first-order valence-electron chi connectivity index (χ1n) is 9.54. The Morgan fingerprint density at radius 3 is 2.92 bits per heavy atom. The highest BCUT2D eigenvalue weighted by atomic mass is 35.5. The summed E-state index contributed by atoms with van der Waals surface area (Å²) in [5.41, 5.74) is 1.82. The second-order valence-corrected chi connectivity index (χ2v) is 7.89. The monoisotopic (exact) mass is 374 g/mol. The number of likely N-dealkylation sites (tertiary alicyclic amines) is 1. The quantitative estimate of drug-likeness (QED) is 0.623. The Morgan fingerprint density at radius 2 is 2.15 bits per heavy atom. The highest BCUT2D eigenvalue weighted by Gasteiger charge is 2.38. The molecule has 26 heavy (non-hydrogen) atoms. The van der Waals surface area contributed by atoms with Gasteiger partial charge in [-0.3, -0.25) is 4.90 Å². The molecule has 1 saturated heterocycles. The number of fused-ring (bicyclic) bond motifs is 1. The van der Waals surface area contributed by atoms with E-state index in [4.69, 9.17) is 16.6 Å². The lowest BCUT2D eigenvalue weighted by Crippen LogP contribution is -2.46. The van der Waals surface area contributed by atoms with Crippen LogP contribution in [0.1, 0.15) is 32.4 Å². The molecule has 2 aromatic rings. The van der Waals surface area contributed by atoms with Crippen molar-refractivity contribution >= 4 is 23.2 Å². The lowest BCUT2D eigenvalue weighted by molar-refractivity contribution is 0.315. The Hall–Kier alpha value is -1.79. The first-order valence-corrected chi connectivity index (χ1v) is 9.92. The summed E-state index contributed by atoms with van der Waals surface area (Å²) < 4.78 is 1.94. The van der Waals surface area contributed by atoms with Crippen LogP contribution >= 0.6 is 11.6 Å². The molecule has 4 rings (SSSR count). The maximum atomic E-state index is 6.04. The molecular weight excluding hydrogens is 348 g/mol. The zero-order valence-corrected chi connectivity index (χ0v) is 16.2. The summed E-state index contributed by atoms with van der Waals surface area (Å²) in [6.45, 7) is 8.12. The van der Waals surface area contributed by atoms with E-state index in [1.807, 2.05) is 28.9 Å². The van der Waals surface area contributed by atoms with E-state index in [2.05, 4.69) is 34.4 Å². The average Bonchev–Trinajstić information content (AvgIpc) is 3.29. The van der Waals surface area contributed by atoms with E-state index < -0.39 is 0 Å². The van der Waals surface area contributed by atoms with Crippen LogP contribution in [0.25, 0.3) is 5.65 Å². The summed E-state index contributed by atoms with van der Waals surface area (Å²) in [7, 11) is 0. The van der Waals surface area contributed by atoms with Crippen molar-refractivity contribution in [2.75, 3.05) is 19.6 Å². The van der Waals surface area contributed by atoms with Crippen LogP contribution in [-0.4, -0.2) is 52.0 Å². The number of aromatic nitrogens is 2. The average molecular weight is 375 g/mol. The van der Waals surface area contributed by atoms with Crippen LogP contribution in [0.2, 0.25) is 5.02 Å². The van der Waals surface area contributed by atoms with E-state index in [1.165, 1.54) is 19.4 Å². The van der Waals surface area contributed by atoms with Crippen LogP contribution in [0, 0.1) is 5.92 Å². The van der Waals surface area contributed by atoms with Gasteiger partial charge in [0.15, 0.2) is 5.96 Å². The molecule has 2 unspecified atom stereocenters. The van der Waals surface area contributed by atoms with Gasteiger partial charge >= 0.3 is 0 Å². The van der Waals surface area contributed by atoms with E-state index in [-0.39, 0.29) is 0 Å². The summed E-state index contributed by atoms with van der Waals surface area (Å²) >= 11 is 6.04. The van der Waals surface area contributed by atoms with Gasteiger partial charge in [0, 0.05) is 44.1 Å². The number of nitrogens with zero attached hydrogens (tertiary/aromatic N) is 4. The third kappa shape index (κ3) is 3.96. The topological polar surface area (TPSA) is 57.0 Å². The highest BCUT2D eigenvalue weighted by Crippen LogP contribution is 2.31. The fraction of sp³-hybridized carbons (Fsp3) is 0.579. The molecule has 2 aliphatic rings. The van der Waals surface area contributed by atoms with Crippen LogP contribution in [-0.2, 0) is 6.54 Å². The predicted molar refractivity (Wildman–Crippen MR) is 106 cm³/mol. The smallest absolute Gasteiger partial charge is 0.191 e. The number of rotatable bonds is 5. The van der Waals surface area contributed by atoms with Crippen molar-refractivity contribution in [2.45, 2.75) is 45.3 Å². The summed E-state index contributed by atoms with van der Waals surface area (Å²) in [4.78, 5) is 12.0. The maximum absolute atomic E-state index is 6.04. The molecule has 1 saturated carbocycles. The van der Waals surface area contributed by atoms with Gasteiger partial charge in [-0.2, -0.15) is 0 Å². The fourth-order valence-corrected chi connectivity index (χ4v) is 3.85. The third-order valence-corrected chi connectivity index (χ3v) is 5.46. The van der Waals surface area contributed by atoms with E-state index in [9.17, 15) is 0 Å². The second-order valence-electron chi connectivity index (χ2n) is 7.45. The highest BCUT2D eigenvalue weighted by molar-refractivity contribution is 6.30. The van der Waals surface area contributed by atoms with Crippen LogP contribution in [0.5, 0.6) is 0 Å². The fourth-order valence-electron chi connectivity index (χ4n) is 3.68. The first kappa shape index (κ1) is 17.6. The van der Waals surface area contributed by atoms with Crippen LogP contribution < -0.4 is 10.6 Å². The molecule has 0 aromatic carbocycles. The second kappa shape index (κ2) is 7.45. The zero-order valence-electron chi connectivity index (χ0n) is 15.5. The van der Waals surface area contributed by atoms with Gasteiger partial charge in [0.2, 0.25) is 0 Å². The van der Waals surface area contributed by atoms with Gasteiger partial charge in [0.25, 0.3) is 0 Å². The number of pyridine rings is 1. The van der Waals surface area contributed by atoms with E-state index in [0.29, 0.717) is 23.5 Å². The zero-order chi connectivity index (χ0) is 18.1. The molecule has 0 bridgehead atoms. The minimum Gasteiger partial charge on any atom is -0.357 e. The SMILES string of the molecule is CCNC(=NCc1cn2cc(Cl)ccc2n1)NC1CN(C2CC2)CC1C. The summed E-state index contributed by atoms with van der Waals surface area (Å²) in [6, 6.07) is 5.06. The van der Waals surface area contributed by atoms with Crippen LogP contribution in [0.4, 0.5) is 0 Å². The van der Waals surface area contributed by atoms with Crippen LogP contribution in [0.3, 0.4) is 0 Å². The summed E-state index contributed by atoms with van der Waals surface area (Å²) in [6.07, 6.45) is 6.59. The Balaban J connectivity index is 1.43. The standard InChI is InChI=1S/C19H27ClN6/c1-3-21-19(24-17-12-25(9-13(17)2)16-5-6-16)22-8-15-11-26-10-14(20)4-7-18(26)23-15/h4,7,10-11,13,16-17H,3,5-6,8-9,12H2,1-2H3,(H2,21,22,24). The van der Waals surface area contributed by atoms with Crippen molar-refractivity contribution in [3.8, 4) is 0 Å². The molecule has 2 atom stereocenters. The van der Waals surface area contributed by atoms with Gasteiger partial charge in [-0.1, -0.05) is 18.5 Å². The van der Waals surface area contributed by atoms with Crippen molar-refractivity contribution in [1.82, 2.24) is 24.9 Å². The Labute approximate surface area is 159 Å². The Bertz CT molecular complexity index is 796. The molecule has 3 heterocycles. The maximum Gasteiger partial charge on any atom is 0.191 e. The molecule has 140 valence electrons. The minimum absolute atomic E-state index is 0.452. The van der Waals surface area contributed by atoms with Gasteiger partial charge < -0.3 is 15.0 Å². The number of hydrogen-bond donors (Lipinski definition) is 2. The summed E-state index contributed by atoms with van der Waals surface area (Å²) in [5, 5.41) is 7.71. The minimum atomic E-state index is 0.452. The number of nitrogens with one attached hydrogen (secondary N) is 2. The Kier molecular flexibility index (Phi) is 5.05. The Morgan fingerprint density at radius 1 is 1.31 bits per heavy atom. The van der Waals surface area contributed by atoms with Gasteiger partial charge in [-0.25, -0.2) is 9.98 Å². The molecular formula is C19H27ClN6. The number of halogens is 1. The largest absolute Gasteiger partial charge is 0.357 e. The van der Waals surface area contributed by atoms with Crippen molar-refractivity contribution in [3.05, 3.63) is 35.2 Å². The number of hydrogen-bond acceptors (Lipinski definition) is 3. The number of aliphatic imine (C=N–C) groups is 1. The first-order chi connectivity index (χ1) is 12.6. The number of guanidine groups is 1. The molecule has 2 aromatic heterocycles. The van der Waals surface area contributed by atoms with Crippen molar-refractivity contribution in [1.29, 1.82) is 0 Å². The molecule has 1 aliphatic carbocycles. The predicted octanol–water partition coefficient (Wildman–Crippen LogP) is 2.53. The van der Waals surface area contributed by atoms with Gasteiger partial charge in [0.1, 0.15) is 5.65 Å². The molecule has 0 radical (unpaired) electrons. The van der Waals surface area contributed by atoms with Crippen molar-refractivity contribution < 1.29 is 0 Å². The van der Waals surface area contributed by atoms with Gasteiger partial charge in [0.05, 0.1) is 17.3 Å². The van der Waals surface area contributed by atoms with Crippen LogP contribution in [0.15, 0.2) is 29.5 Å². The van der Waals surface area contributed by atoms with E-state index in [1.54, 1.807) is 0 Å². The normalized spacial score (nSPS) is 24.3. The van der Waals surface area contributed by atoms with E-state index in [0.717, 1.165) is 36.4 Å².